The fourth-order valence-corrected chi connectivity index (χ4v) is 4.18. The van der Waals surface area contributed by atoms with Crippen molar-refractivity contribution in [3.05, 3.63) is 44.9 Å². The molecule has 2 aliphatic rings. The van der Waals surface area contributed by atoms with E-state index in [4.69, 9.17) is 0 Å². The van der Waals surface area contributed by atoms with Gasteiger partial charge in [-0.2, -0.15) is 8.78 Å². The largest absolute Gasteiger partial charge is 0.330 e. The van der Waals surface area contributed by atoms with Crippen molar-refractivity contribution in [1.82, 2.24) is 29.1 Å². The van der Waals surface area contributed by atoms with Crippen molar-refractivity contribution in [2.24, 2.45) is 0 Å². The van der Waals surface area contributed by atoms with Gasteiger partial charge < -0.3 is 0 Å². The van der Waals surface area contributed by atoms with Crippen molar-refractivity contribution in [3.63, 3.8) is 0 Å². The van der Waals surface area contributed by atoms with Crippen LogP contribution in [0, 0.1) is 0 Å². The fraction of sp³-hybridized carbons (Fsp3) is 0.471. The minimum absolute atomic E-state index is 0.0318. The summed E-state index contributed by atoms with van der Waals surface area (Å²) in [6.45, 7) is -2.69. The Morgan fingerprint density at radius 1 is 1.21 bits per heavy atom. The molecule has 3 aromatic rings. The molecule has 0 aromatic carbocycles. The van der Waals surface area contributed by atoms with Crippen LogP contribution in [-0.2, 0) is 5.75 Å². The summed E-state index contributed by atoms with van der Waals surface area (Å²) in [5.41, 5.74) is -0.684. The van der Waals surface area contributed by atoms with E-state index in [0.717, 1.165) is 42.0 Å². The van der Waals surface area contributed by atoms with E-state index in [1.807, 2.05) is 0 Å². The van der Waals surface area contributed by atoms with Gasteiger partial charge in [0.15, 0.2) is 5.65 Å². The minimum atomic E-state index is -2.69. The topological polar surface area (TPSA) is 98.5 Å². The lowest BCUT2D eigenvalue weighted by atomic mass is 10.3. The number of imidazole rings is 1. The SMILES string of the molecule is O=c1[nH]c(=O)n(C2CC2)c2nc(C3CC3)nc(SCc3nccn3C(F)F)c12. The van der Waals surface area contributed by atoms with Crippen LogP contribution >= 0.6 is 11.8 Å². The zero-order valence-corrected chi connectivity index (χ0v) is 15.5. The summed E-state index contributed by atoms with van der Waals surface area (Å²) >= 11 is 1.16. The van der Waals surface area contributed by atoms with Gasteiger partial charge in [0, 0.05) is 24.4 Å². The monoisotopic (exact) mass is 406 g/mol. The van der Waals surface area contributed by atoms with Gasteiger partial charge in [-0.15, -0.1) is 0 Å². The van der Waals surface area contributed by atoms with E-state index in [1.54, 1.807) is 0 Å². The lowest BCUT2D eigenvalue weighted by Gasteiger charge is -2.12. The second-order valence-corrected chi connectivity index (χ2v) is 8.00. The van der Waals surface area contributed by atoms with E-state index in [0.29, 0.717) is 16.5 Å². The number of fused-ring (bicyclic) bond motifs is 1. The molecule has 146 valence electrons. The first-order valence-corrected chi connectivity index (χ1v) is 10.0. The van der Waals surface area contributed by atoms with Gasteiger partial charge in [-0.25, -0.2) is 19.7 Å². The van der Waals surface area contributed by atoms with E-state index >= 15 is 0 Å². The highest BCUT2D eigenvalue weighted by Crippen LogP contribution is 2.41. The Morgan fingerprint density at radius 3 is 2.68 bits per heavy atom. The molecule has 8 nitrogen and oxygen atoms in total. The second-order valence-electron chi connectivity index (χ2n) is 7.04. The highest BCUT2D eigenvalue weighted by atomic mass is 32.2. The summed E-state index contributed by atoms with van der Waals surface area (Å²) in [4.78, 5) is 40.3. The minimum Gasteiger partial charge on any atom is -0.277 e. The van der Waals surface area contributed by atoms with Crippen LogP contribution in [0.2, 0.25) is 0 Å². The first kappa shape index (κ1) is 17.5. The Morgan fingerprint density at radius 2 is 2.00 bits per heavy atom. The molecule has 0 saturated heterocycles. The second kappa shape index (κ2) is 6.50. The Balaban J connectivity index is 1.63. The highest BCUT2D eigenvalue weighted by molar-refractivity contribution is 7.98. The van der Waals surface area contributed by atoms with Crippen molar-refractivity contribution >= 4 is 22.8 Å². The standard InChI is InChI=1S/C17H16F2N6O2S/c18-16(19)24-6-5-20-10(24)7-28-15-11-13(21-12(22-15)8-1-2-8)25(9-3-4-9)17(27)23-14(11)26/h5-6,8-9,16H,1-4,7H2,(H,23,26,27). The van der Waals surface area contributed by atoms with Gasteiger partial charge in [0.2, 0.25) is 0 Å². The van der Waals surface area contributed by atoms with Crippen molar-refractivity contribution < 1.29 is 8.78 Å². The average Bonchev–Trinajstić information content (AvgIpc) is 3.57. The van der Waals surface area contributed by atoms with E-state index in [2.05, 4.69) is 19.9 Å². The zero-order chi connectivity index (χ0) is 19.4. The van der Waals surface area contributed by atoms with E-state index < -0.39 is 17.8 Å². The number of H-pyrrole nitrogens is 1. The number of hydrogen-bond donors (Lipinski definition) is 1. The number of halogens is 2. The normalized spacial score (nSPS) is 17.0. The van der Waals surface area contributed by atoms with Gasteiger partial charge in [0.05, 0.1) is 5.75 Å². The van der Waals surface area contributed by atoms with E-state index in [9.17, 15) is 18.4 Å². The molecule has 0 aliphatic heterocycles. The molecule has 5 rings (SSSR count). The molecular formula is C17H16F2N6O2S. The summed E-state index contributed by atoms with van der Waals surface area (Å²) in [5.74, 6) is 1.13. The van der Waals surface area contributed by atoms with Gasteiger partial charge in [0.1, 0.15) is 22.1 Å². The zero-order valence-electron chi connectivity index (χ0n) is 14.6. The third kappa shape index (κ3) is 3.03. The predicted molar refractivity (Wildman–Crippen MR) is 97.7 cm³/mol. The van der Waals surface area contributed by atoms with Crippen LogP contribution in [0.3, 0.4) is 0 Å². The number of alkyl halides is 2. The molecule has 2 saturated carbocycles. The van der Waals surface area contributed by atoms with Crippen LogP contribution < -0.4 is 11.2 Å². The average molecular weight is 406 g/mol. The Kier molecular flexibility index (Phi) is 4.07. The van der Waals surface area contributed by atoms with Crippen molar-refractivity contribution in [1.29, 1.82) is 0 Å². The molecule has 0 spiro atoms. The first-order valence-electron chi connectivity index (χ1n) is 9.02. The molecule has 0 radical (unpaired) electrons. The summed E-state index contributed by atoms with van der Waals surface area (Å²) in [7, 11) is 0. The molecule has 1 N–H and O–H groups in total. The number of aromatic amines is 1. The maximum atomic E-state index is 13.1. The third-order valence-corrected chi connectivity index (χ3v) is 5.89. The lowest BCUT2D eigenvalue weighted by molar-refractivity contribution is 0.0678. The Hall–Kier alpha value is -2.56. The summed E-state index contributed by atoms with van der Waals surface area (Å²) in [6, 6.07) is 0.0318. The molecule has 0 amide bonds. The summed E-state index contributed by atoms with van der Waals surface area (Å²) in [6.07, 6.45) is 6.17. The molecule has 0 bridgehead atoms. The van der Waals surface area contributed by atoms with Crippen LogP contribution in [0.5, 0.6) is 0 Å². The molecule has 3 aromatic heterocycles. The molecule has 28 heavy (non-hydrogen) atoms. The molecule has 11 heteroatoms. The van der Waals surface area contributed by atoms with Crippen LogP contribution in [0.25, 0.3) is 11.0 Å². The van der Waals surface area contributed by atoms with Gasteiger partial charge >= 0.3 is 12.2 Å². The van der Waals surface area contributed by atoms with E-state index in [-0.39, 0.29) is 28.9 Å². The van der Waals surface area contributed by atoms with Crippen molar-refractivity contribution in [2.75, 3.05) is 0 Å². The third-order valence-electron chi connectivity index (χ3n) is 4.92. The van der Waals surface area contributed by atoms with Gasteiger partial charge in [-0.05, 0) is 25.7 Å². The fourth-order valence-electron chi connectivity index (χ4n) is 3.20. The van der Waals surface area contributed by atoms with Crippen molar-refractivity contribution in [2.45, 2.75) is 55.0 Å². The molecule has 3 heterocycles. The maximum absolute atomic E-state index is 13.1. The molecule has 2 aliphatic carbocycles. The number of nitrogens with zero attached hydrogens (tertiary/aromatic N) is 5. The van der Waals surface area contributed by atoms with Crippen LogP contribution in [0.1, 0.15) is 55.8 Å². The predicted octanol–water partition coefficient (Wildman–Crippen LogP) is 2.58. The summed E-state index contributed by atoms with van der Waals surface area (Å²) < 4.78 is 28.5. The lowest BCUT2D eigenvalue weighted by Crippen LogP contribution is -2.31. The number of thioether (sulfide) groups is 1. The number of hydrogen-bond acceptors (Lipinski definition) is 6. The van der Waals surface area contributed by atoms with Gasteiger partial charge in [-0.3, -0.25) is 18.9 Å². The van der Waals surface area contributed by atoms with Gasteiger partial charge in [-0.1, -0.05) is 11.8 Å². The molecule has 0 unspecified atom stereocenters. The Labute approximate surface area is 161 Å². The van der Waals surface area contributed by atoms with Crippen LogP contribution in [-0.4, -0.2) is 29.1 Å². The summed E-state index contributed by atoms with van der Waals surface area (Å²) in [5, 5.41) is 0.627. The smallest absolute Gasteiger partial charge is 0.277 e. The van der Waals surface area contributed by atoms with Crippen LogP contribution in [0.4, 0.5) is 8.78 Å². The van der Waals surface area contributed by atoms with Gasteiger partial charge in [0.25, 0.3) is 5.56 Å². The highest BCUT2D eigenvalue weighted by Gasteiger charge is 2.32. The quantitative estimate of drug-likeness (QED) is 0.499. The molecular weight excluding hydrogens is 390 g/mol. The Bertz CT molecular complexity index is 1180. The van der Waals surface area contributed by atoms with Crippen LogP contribution in [0.15, 0.2) is 27.0 Å². The maximum Gasteiger partial charge on any atom is 0.330 e. The van der Waals surface area contributed by atoms with Crippen molar-refractivity contribution in [3.8, 4) is 0 Å². The molecule has 2 fully saturated rings. The number of aromatic nitrogens is 6. The number of nitrogens with one attached hydrogen (secondary N) is 1. The number of rotatable bonds is 6. The van der Waals surface area contributed by atoms with E-state index in [1.165, 1.54) is 17.0 Å². The molecule has 0 atom stereocenters. The first-order chi connectivity index (χ1) is 13.5.